The van der Waals surface area contributed by atoms with Gasteiger partial charge >= 0.3 is 0 Å². The Morgan fingerprint density at radius 3 is 2.82 bits per heavy atom. The van der Waals surface area contributed by atoms with Crippen molar-refractivity contribution in [2.24, 2.45) is 10.9 Å². The zero-order chi connectivity index (χ0) is 11.8. The van der Waals surface area contributed by atoms with Crippen LogP contribution in [0.2, 0.25) is 5.28 Å². The summed E-state index contributed by atoms with van der Waals surface area (Å²) in [6.45, 7) is 0. The van der Waals surface area contributed by atoms with Crippen molar-refractivity contribution < 1.29 is 4.79 Å². The lowest BCUT2D eigenvalue weighted by atomic mass is 9.85. The minimum atomic E-state index is 0.0329. The first-order chi connectivity index (χ1) is 8.29. The number of carbonyl (C=O) groups excluding carboxylic acids is 1. The Balaban J connectivity index is 2.04. The van der Waals surface area contributed by atoms with E-state index in [4.69, 9.17) is 11.6 Å². The van der Waals surface area contributed by atoms with E-state index in [0.29, 0.717) is 17.3 Å². The first-order valence-electron chi connectivity index (χ1n) is 5.86. The topological polar surface area (TPSA) is 55.2 Å². The lowest BCUT2D eigenvalue weighted by Crippen LogP contribution is -2.19. The van der Waals surface area contributed by atoms with Gasteiger partial charge in [0.1, 0.15) is 5.69 Å². The second-order valence-corrected chi connectivity index (χ2v) is 4.92. The van der Waals surface area contributed by atoms with Crippen molar-refractivity contribution in [2.75, 3.05) is 0 Å². The molecular formula is C12H12ClN3O. The number of carbonyl (C=O) groups is 1. The highest BCUT2D eigenvalue weighted by Gasteiger charge is 2.36. The molecule has 1 atom stereocenters. The monoisotopic (exact) mass is 249 g/mol. The molecule has 0 saturated heterocycles. The molecule has 3 rings (SSSR count). The Hall–Kier alpha value is -1.29. The lowest BCUT2D eigenvalue weighted by Gasteiger charge is -2.17. The van der Waals surface area contributed by atoms with Gasteiger partial charge in [-0.05, 0) is 30.4 Å². The quantitative estimate of drug-likeness (QED) is 0.598. The summed E-state index contributed by atoms with van der Waals surface area (Å²) in [4.78, 5) is 23.6. The number of aldehydes is 1. The van der Waals surface area contributed by atoms with Crippen LogP contribution >= 0.6 is 11.6 Å². The molecule has 0 radical (unpaired) electrons. The second-order valence-electron chi connectivity index (χ2n) is 4.59. The average molecular weight is 250 g/mol. The normalized spacial score (nSPS) is 23.6. The van der Waals surface area contributed by atoms with Gasteiger partial charge in [0, 0.05) is 0 Å². The predicted molar refractivity (Wildman–Crippen MR) is 64.9 cm³/mol. The van der Waals surface area contributed by atoms with Crippen LogP contribution in [0.3, 0.4) is 0 Å². The highest BCUT2D eigenvalue weighted by molar-refractivity contribution is 6.33. The number of halogens is 1. The smallest absolute Gasteiger partial charge is 0.222 e. The molecule has 0 aromatic carbocycles. The molecule has 0 amide bonds. The maximum Gasteiger partial charge on any atom is 0.222 e. The molecule has 88 valence electrons. The number of hydrogen-bond donors (Lipinski definition) is 0. The van der Waals surface area contributed by atoms with Crippen molar-refractivity contribution in [1.29, 1.82) is 0 Å². The van der Waals surface area contributed by atoms with Gasteiger partial charge in [0.2, 0.25) is 5.28 Å². The lowest BCUT2D eigenvalue weighted by molar-refractivity contribution is -0.102. The van der Waals surface area contributed by atoms with Crippen molar-refractivity contribution in [3.05, 3.63) is 17.2 Å². The highest BCUT2D eigenvalue weighted by Crippen LogP contribution is 2.44. The SMILES string of the molecule is O=CC1=Nc2cnc(Cl)nc2C1C1CCCC1. The van der Waals surface area contributed by atoms with Gasteiger partial charge in [-0.15, -0.1) is 0 Å². The van der Waals surface area contributed by atoms with Gasteiger partial charge in [0.05, 0.1) is 23.5 Å². The van der Waals surface area contributed by atoms with Crippen LogP contribution in [0.25, 0.3) is 0 Å². The first kappa shape index (κ1) is 10.8. The molecule has 0 bridgehead atoms. The molecule has 1 unspecified atom stereocenters. The molecule has 1 aliphatic heterocycles. The number of aromatic nitrogens is 2. The Morgan fingerprint density at radius 1 is 1.35 bits per heavy atom. The molecule has 1 aliphatic carbocycles. The van der Waals surface area contributed by atoms with Gasteiger partial charge in [-0.2, -0.15) is 0 Å². The van der Waals surface area contributed by atoms with E-state index in [-0.39, 0.29) is 11.2 Å². The van der Waals surface area contributed by atoms with Gasteiger partial charge in [0.15, 0.2) is 6.29 Å². The third-order valence-electron chi connectivity index (χ3n) is 3.62. The van der Waals surface area contributed by atoms with E-state index in [1.807, 2.05) is 0 Å². The Labute approximate surface area is 104 Å². The fourth-order valence-corrected chi connectivity index (χ4v) is 3.02. The molecule has 1 aromatic rings. The fraction of sp³-hybridized carbons (Fsp3) is 0.500. The van der Waals surface area contributed by atoms with Crippen molar-refractivity contribution in [3.8, 4) is 0 Å². The summed E-state index contributed by atoms with van der Waals surface area (Å²) < 4.78 is 0. The standard InChI is InChI=1S/C12H12ClN3O/c13-12-14-5-8-11(16-12)10(9(6-17)15-8)7-3-1-2-4-7/h5-7,10H,1-4H2. The molecule has 0 spiro atoms. The van der Waals surface area contributed by atoms with E-state index >= 15 is 0 Å². The van der Waals surface area contributed by atoms with Gasteiger partial charge in [-0.25, -0.2) is 15.0 Å². The van der Waals surface area contributed by atoms with Gasteiger partial charge in [0.25, 0.3) is 0 Å². The van der Waals surface area contributed by atoms with Crippen LogP contribution in [0.4, 0.5) is 5.69 Å². The van der Waals surface area contributed by atoms with E-state index in [2.05, 4.69) is 15.0 Å². The van der Waals surface area contributed by atoms with E-state index in [1.54, 1.807) is 6.20 Å². The fourth-order valence-electron chi connectivity index (χ4n) is 2.88. The molecular weight excluding hydrogens is 238 g/mol. The molecule has 17 heavy (non-hydrogen) atoms. The first-order valence-corrected chi connectivity index (χ1v) is 6.23. The molecule has 1 aromatic heterocycles. The summed E-state index contributed by atoms with van der Waals surface area (Å²) in [5.41, 5.74) is 2.12. The van der Waals surface area contributed by atoms with Crippen LogP contribution in [0.5, 0.6) is 0 Å². The van der Waals surface area contributed by atoms with Crippen LogP contribution in [0.15, 0.2) is 11.2 Å². The number of aliphatic imine (C=N–C) groups is 1. The summed E-state index contributed by atoms with van der Waals surface area (Å²) in [7, 11) is 0. The number of hydrogen-bond acceptors (Lipinski definition) is 4. The zero-order valence-corrected chi connectivity index (χ0v) is 10.0. The third kappa shape index (κ3) is 1.76. The van der Waals surface area contributed by atoms with Crippen LogP contribution in [-0.2, 0) is 4.79 Å². The van der Waals surface area contributed by atoms with Crippen LogP contribution in [0.1, 0.15) is 37.3 Å². The average Bonchev–Trinajstić information content (AvgIpc) is 2.93. The number of rotatable bonds is 2. The van der Waals surface area contributed by atoms with Crippen molar-refractivity contribution in [1.82, 2.24) is 9.97 Å². The summed E-state index contributed by atoms with van der Waals surface area (Å²) in [6, 6.07) is 0. The number of nitrogens with zero attached hydrogens (tertiary/aromatic N) is 3. The minimum absolute atomic E-state index is 0.0329. The van der Waals surface area contributed by atoms with Crippen LogP contribution in [0, 0.1) is 5.92 Å². The molecule has 0 N–H and O–H groups in total. The molecule has 5 heteroatoms. The maximum absolute atomic E-state index is 11.1. The molecule has 1 saturated carbocycles. The van der Waals surface area contributed by atoms with E-state index in [1.165, 1.54) is 12.8 Å². The summed E-state index contributed by atoms with van der Waals surface area (Å²) in [5, 5.41) is 0.231. The van der Waals surface area contributed by atoms with E-state index in [0.717, 1.165) is 24.8 Å². The van der Waals surface area contributed by atoms with Crippen LogP contribution < -0.4 is 0 Å². The van der Waals surface area contributed by atoms with Crippen molar-refractivity contribution in [3.63, 3.8) is 0 Å². The molecule has 4 nitrogen and oxygen atoms in total. The van der Waals surface area contributed by atoms with Crippen LogP contribution in [-0.4, -0.2) is 22.0 Å². The largest absolute Gasteiger partial charge is 0.297 e. The van der Waals surface area contributed by atoms with Gasteiger partial charge < -0.3 is 0 Å². The Morgan fingerprint density at radius 2 is 2.12 bits per heavy atom. The third-order valence-corrected chi connectivity index (χ3v) is 3.81. The zero-order valence-electron chi connectivity index (χ0n) is 9.27. The summed E-state index contributed by atoms with van der Waals surface area (Å²) >= 11 is 5.82. The molecule has 2 aliphatic rings. The van der Waals surface area contributed by atoms with E-state index < -0.39 is 0 Å². The second kappa shape index (κ2) is 4.18. The molecule has 1 fully saturated rings. The van der Waals surface area contributed by atoms with E-state index in [9.17, 15) is 4.79 Å². The molecule has 2 heterocycles. The number of fused-ring (bicyclic) bond motifs is 1. The van der Waals surface area contributed by atoms with Crippen molar-refractivity contribution in [2.45, 2.75) is 31.6 Å². The maximum atomic E-state index is 11.1. The Kier molecular flexibility index (Phi) is 2.67. The summed E-state index contributed by atoms with van der Waals surface area (Å²) in [6.07, 6.45) is 7.17. The van der Waals surface area contributed by atoms with Gasteiger partial charge in [-0.1, -0.05) is 12.8 Å². The van der Waals surface area contributed by atoms with Crippen molar-refractivity contribution >= 4 is 29.3 Å². The Bertz CT molecular complexity index is 495. The predicted octanol–water partition coefficient (Wildman–Crippen LogP) is 2.69. The highest BCUT2D eigenvalue weighted by atomic mass is 35.5. The summed E-state index contributed by atoms with van der Waals surface area (Å²) in [5.74, 6) is 0.511. The van der Waals surface area contributed by atoms with Gasteiger partial charge in [-0.3, -0.25) is 4.79 Å². The minimum Gasteiger partial charge on any atom is -0.297 e.